The number of aryl methyl sites for hydroxylation is 4. The molecule has 0 fully saturated rings. The Labute approximate surface area is 145 Å². The summed E-state index contributed by atoms with van der Waals surface area (Å²) in [7, 11) is 0. The molecular weight excluding hydrogens is 320 g/mol. The van der Waals surface area contributed by atoms with Crippen LogP contribution >= 0.6 is 11.3 Å². The Morgan fingerprint density at radius 3 is 2.71 bits per heavy atom. The third-order valence-corrected chi connectivity index (χ3v) is 5.66. The minimum Gasteiger partial charge on any atom is -0.464 e. The maximum absolute atomic E-state index is 12.4. The monoisotopic (exact) mass is 342 g/mol. The van der Waals surface area contributed by atoms with Crippen molar-refractivity contribution in [3.05, 3.63) is 50.7 Å². The first kappa shape index (κ1) is 16.7. The molecule has 0 bridgehead atoms. The molecule has 3 rings (SSSR count). The summed E-state index contributed by atoms with van der Waals surface area (Å²) >= 11 is 1.63. The fourth-order valence-electron chi connectivity index (χ4n) is 3.01. The minimum absolute atomic E-state index is 0.00567. The largest absolute Gasteiger partial charge is 0.464 e. The predicted octanol–water partition coefficient (Wildman–Crippen LogP) is 4.54. The minimum atomic E-state index is -0.0363. The fraction of sp³-hybridized carbons (Fsp3) is 0.368. The topological polar surface area (TPSA) is 55.1 Å². The zero-order valence-corrected chi connectivity index (χ0v) is 15.5. The summed E-state index contributed by atoms with van der Waals surface area (Å²) in [5.41, 5.74) is 5.11. The zero-order chi connectivity index (χ0) is 17.4. The quantitative estimate of drug-likeness (QED) is 0.757. The van der Waals surface area contributed by atoms with E-state index < -0.39 is 0 Å². The number of nitrogens with one attached hydrogen (secondary N) is 1. The molecule has 2 heterocycles. The van der Waals surface area contributed by atoms with E-state index in [0.29, 0.717) is 6.42 Å². The van der Waals surface area contributed by atoms with E-state index in [2.05, 4.69) is 23.3 Å². The van der Waals surface area contributed by atoms with E-state index in [4.69, 9.17) is 4.42 Å². The molecule has 0 spiro atoms. The Bertz CT molecular complexity index is 908. The fourth-order valence-corrected chi connectivity index (χ4v) is 3.93. The molecule has 4 nitrogen and oxygen atoms in total. The summed E-state index contributed by atoms with van der Waals surface area (Å²) in [6.07, 6.45) is 2.01. The molecule has 0 saturated carbocycles. The number of rotatable bonds is 4. The second-order valence-electron chi connectivity index (χ2n) is 6.29. The van der Waals surface area contributed by atoms with Crippen LogP contribution in [0.4, 0.5) is 0 Å². The first-order chi connectivity index (χ1) is 11.4. The van der Waals surface area contributed by atoms with Gasteiger partial charge in [-0.25, -0.2) is 4.98 Å². The Morgan fingerprint density at radius 2 is 2.04 bits per heavy atom. The third kappa shape index (κ3) is 3.08. The SMILES string of the molecule is Cc1nc(C)c(C(C)NC(=O)Cc2coc3c(C)c(C)ccc23)s1. The summed E-state index contributed by atoms with van der Waals surface area (Å²) in [5.74, 6) is -0.00567. The van der Waals surface area contributed by atoms with Crippen molar-refractivity contribution in [3.8, 4) is 0 Å². The van der Waals surface area contributed by atoms with E-state index in [1.165, 1.54) is 5.56 Å². The second-order valence-corrected chi connectivity index (χ2v) is 7.53. The molecule has 0 radical (unpaired) electrons. The highest BCUT2D eigenvalue weighted by Crippen LogP contribution is 2.27. The molecule has 3 aromatic rings. The van der Waals surface area contributed by atoms with E-state index in [1.807, 2.05) is 33.8 Å². The van der Waals surface area contributed by atoms with Crippen molar-refractivity contribution in [1.82, 2.24) is 10.3 Å². The molecule has 0 aliphatic heterocycles. The van der Waals surface area contributed by atoms with Gasteiger partial charge in [-0.2, -0.15) is 0 Å². The van der Waals surface area contributed by atoms with Crippen LogP contribution in [0.2, 0.25) is 0 Å². The van der Waals surface area contributed by atoms with Crippen molar-refractivity contribution >= 4 is 28.2 Å². The lowest BCUT2D eigenvalue weighted by Gasteiger charge is -2.12. The van der Waals surface area contributed by atoms with Crippen molar-refractivity contribution in [1.29, 1.82) is 0 Å². The number of carbonyl (C=O) groups excluding carboxylic acids is 1. The Kier molecular flexibility index (Phi) is 4.45. The Hall–Kier alpha value is -2.14. The third-order valence-electron chi connectivity index (χ3n) is 4.40. The van der Waals surface area contributed by atoms with Gasteiger partial charge in [0.25, 0.3) is 0 Å². The molecule has 0 aliphatic rings. The molecule has 2 aromatic heterocycles. The van der Waals surface area contributed by atoms with Gasteiger partial charge in [0.15, 0.2) is 0 Å². The summed E-state index contributed by atoms with van der Waals surface area (Å²) in [6.45, 7) is 10.1. The summed E-state index contributed by atoms with van der Waals surface area (Å²) in [4.78, 5) is 18.0. The summed E-state index contributed by atoms with van der Waals surface area (Å²) in [6, 6.07) is 4.07. The molecule has 0 saturated heterocycles. The molecule has 1 atom stereocenters. The standard InChI is InChI=1S/C19H22N2O2S/c1-10-6-7-16-15(9-23-18(16)11(10)2)8-17(22)21-13(4)19-12(3)20-14(5)24-19/h6-7,9,13H,8H2,1-5H3,(H,21,22). The van der Waals surface area contributed by atoms with Gasteiger partial charge in [-0.05, 0) is 45.7 Å². The summed E-state index contributed by atoms with van der Waals surface area (Å²) in [5, 5.41) is 5.11. The van der Waals surface area contributed by atoms with E-state index in [9.17, 15) is 4.79 Å². The average molecular weight is 342 g/mol. The van der Waals surface area contributed by atoms with Gasteiger partial charge in [0.05, 0.1) is 29.4 Å². The molecule has 1 unspecified atom stereocenters. The van der Waals surface area contributed by atoms with Crippen molar-refractivity contribution in [2.24, 2.45) is 0 Å². The lowest BCUT2D eigenvalue weighted by molar-refractivity contribution is -0.121. The highest BCUT2D eigenvalue weighted by atomic mass is 32.1. The Balaban J connectivity index is 1.76. The highest BCUT2D eigenvalue weighted by molar-refractivity contribution is 7.11. The normalized spacial score (nSPS) is 12.5. The van der Waals surface area contributed by atoms with Crippen LogP contribution in [0, 0.1) is 27.7 Å². The summed E-state index contributed by atoms with van der Waals surface area (Å²) < 4.78 is 5.69. The molecule has 24 heavy (non-hydrogen) atoms. The molecule has 0 aliphatic carbocycles. The van der Waals surface area contributed by atoms with Gasteiger partial charge >= 0.3 is 0 Å². The van der Waals surface area contributed by atoms with Crippen LogP contribution in [0.25, 0.3) is 11.0 Å². The van der Waals surface area contributed by atoms with Crippen molar-refractivity contribution in [3.63, 3.8) is 0 Å². The molecule has 1 aromatic carbocycles. The van der Waals surface area contributed by atoms with E-state index in [0.717, 1.165) is 37.7 Å². The molecule has 5 heteroatoms. The van der Waals surface area contributed by atoms with Crippen LogP contribution in [0.5, 0.6) is 0 Å². The predicted molar refractivity (Wildman–Crippen MR) is 97.5 cm³/mol. The highest BCUT2D eigenvalue weighted by Gasteiger charge is 2.17. The number of hydrogen-bond donors (Lipinski definition) is 1. The first-order valence-electron chi connectivity index (χ1n) is 8.06. The van der Waals surface area contributed by atoms with Crippen LogP contribution in [0.15, 0.2) is 22.8 Å². The number of fused-ring (bicyclic) bond motifs is 1. The number of benzene rings is 1. The van der Waals surface area contributed by atoms with E-state index in [1.54, 1.807) is 17.6 Å². The zero-order valence-electron chi connectivity index (χ0n) is 14.7. The molecule has 1 amide bonds. The molecule has 1 N–H and O–H groups in total. The van der Waals surface area contributed by atoms with Crippen LogP contribution in [-0.4, -0.2) is 10.9 Å². The van der Waals surface area contributed by atoms with E-state index in [-0.39, 0.29) is 11.9 Å². The number of aromatic nitrogens is 1. The molecule has 126 valence electrons. The maximum Gasteiger partial charge on any atom is 0.225 e. The van der Waals surface area contributed by atoms with Crippen molar-refractivity contribution < 1.29 is 9.21 Å². The number of carbonyl (C=O) groups is 1. The number of furan rings is 1. The Morgan fingerprint density at radius 1 is 1.29 bits per heavy atom. The number of thiazole rings is 1. The number of amides is 1. The van der Waals surface area contributed by atoms with Gasteiger partial charge in [-0.1, -0.05) is 12.1 Å². The smallest absolute Gasteiger partial charge is 0.225 e. The van der Waals surface area contributed by atoms with Crippen LogP contribution < -0.4 is 5.32 Å². The first-order valence-corrected chi connectivity index (χ1v) is 8.88. The van der Waals surface area contributed by atoms with Crippen molar-refractivity contribution in [2.45, 2.75) is 47.1 Å². The van der Waals surface area contributed by atoms with Crippen LogP contribution in [-0.2, 0) is 11.2 Å². The maximum atomic E-state index is 12.4. The van der Waals surface area contributed by atoms with Crippen LogP contribution in [0.1, 0.15) is 45.2 Å². The lowest BCUT2D eigenvalue weighted by Crippen LogP contribution is -2.27. The van der Waals surface area contributed by atoms with E-state index >= 15 is 0 Å². The van der Waals surface area contributed by atoms with Gasteiger partial charge in [-0.3, -0.25) is 4.79 Å². The lowest BCUT2D eigenvalue weighted by atomic mass is 10.0. The second kappa shape index (κ2) is 6.40. The molecular formula is C19H22N2O2S. The van der Waals surface area contributed by atoms with Gasteiger partial charge in [0.1, 0.15) is 5.58 Å². The van der Waals surface area contributed by atoms with Crippen molar-refractivity contribution in [2.75, 3.05) is 0 Å². The van der Waals surface area contributed by atoms with Gasteiger partial charge < -0.3 is 9.73 Å². The van der Waals surface area contributed by atoms with Gasteiger partial charge in [-0.15, -0.1) is 11.3 Å². The average Bonchev–Trinajstić information content (AvgIpc) is 3.06. The van der Waals surface area contributed by atoms with Gasteiger partial charge in [0.2, 0.25) is 5.91 Å². The van der Waals surface area contributed by atoms with Gasteiger partial charge in [0, 0.05) is 15.8 Å². The number of hydrogen-bond acceptors (Lipinski definition) is 4. The van der Waals surface area contributed by atoms with Crippen LogP contribution in [0.3, 0.4) is 0 Å². The number of nitrogens with zero attached hydrogens (tertiary/aromatic N) is 1.